The van der Waals surface area contributed by atoms with Gasteiger partial charge in [0.1, 0.15) is 0 Å². The summed E-state index contributed by atoms with van der Waals surface area (Å²) in [5.41, 5.74) is 3.20. The van der Waals surface area contributed by atoms with Crippen LogP contribution in [-0.2, 0) is 6.54 Å². The van der Waals surface area contributed by atoms with Crippen LogP contribution in [0.1, 0.15) is 30.9 Å². The Morgan fingerprint density at radius 3 is 2.39 bits per heavy atom. The minimum atomic E-state index is 0.483. The van der Waals surface area contributed by atoms with Crippen LogP contribution in [0.2, 0.25) is 0 Å². The summed E-state index contributed by atoms with van der Waals surface area (Å²) >= 11 is 0. The quantitative estimate of drug-likeness (QED) is 0.879. The average Bonchev–Trinajstić information content (AvgIpc) is 2.36. The van der Waals surface area contributed by atoms with E-state index in [-0.39, 0.29) is 0 Å². The van der Waals surface area contributed by atoms with E-state index in [1.54, 1.807) is 0 Å². The minimum absolute atomic E-state index is 0.483. The van der Waals surface area contributed by atoms with E-state index in [4.69, 9.17) is 0 Å². The lowest BCUT2D eigenvalue weighted by atomic mass is 9.80. The van der Waals surface area contributed by atoms with Gasteiger partial charge in [-0.2, -0.15) is 0 Å². The second kappa shape index (κ2) is 5.85. The van der Waals surface area contributed by atoms with Crippen molar-refractivity contribution in [2.24, 2.45) is 5.41 Å². The van der Waals surface area contributed by atoms with Crippen molar-refractivity contribution in [3.8, 4) is 0 Å². The van der Waals surface area contributed by atoms with E-state index in [0.717, 1.165) is 13.1 Å². The first-order valence-corrected chi connectivity index (χ1v) is 7.02. The average molecular weight is 246 g/mol. The molecular weight excluding hydrogens is 220 g/mol. The van der Waals surface area contributed by atoms with Crippen LogP contribution in [0.3, 0.4) is 0 Å². The summed E-state index contributed by atoms with van der Waals surface area (Å²) in [6.07, 6.45) is 2.62. The van der Waals surface area contributed by atoms with E-state index in [1.807, 2.05) is 0 Å². The van der Waals surface area contributed by atoms with E-state index in [9.17, 15) is 0 Å². The van der Waals surface area contributed by atoms with Crippen LogP contribution in [0.25, 0.3) is 0 Å². The Hall–Kier alpha value is -0.860. The van der Waals surface area contributed by atoms with Crippen molar-refractivity contribution in [3.63, 3.8) is 0 Å². The Labute approximate surface area is 111 Å². The van der Waals surface area contributed by atoms with Gasteiger partial charge in [0.2, 0.25) is 0 Å². The molecular formula is C16H26N2. The molecule has 0 radical (unpaired) electrons. The van der Waals surface area contributed by atoms with Gasteiger partial charge in [0.05, 0.1) is 0 Å². The fraction of sp³-hybridized carbons (Fsp3) is 0.625. The van der Waals surface area contributed by atoms with E-state index in [1.165, 1.54) is 37.1 Å². The highest BCUT2D eigenvalue weighted by Crippen LogP contribution is 2.29. The number of rotatable bonds is 4. The summed E-state index contributed by atoms with van der Waals surface area (Å²) in [5.74, 6) is 0. The van der Waals surface area contributed by atoms with Crippen LogP contribution in [0, 0.1) is 12.3 Å². The van der Waals surface area contributed by atoms with Gasteiger partial charge < -0.3 is 10.2 Å². The topological polar surface area (TPSA) is 15.3 Å². The SMILES string of the molecule is Cc1ccc(CNCC2(C)CCN(C)CC2)cc1. The standard InChI is InChI=1S/C16H26N2/c1-14-4-6-15(7-5-14)12-17-13-16(2)8-10-18(3)11-9-16/h4-7,17H,8-13H2,1-3H3. The zero-order valence-corrected chi connectivity index (χ0v) is 12.0. The molecule has 1 saturated heterocycles. The summed E-state index contributed by atoms with van der Waals surface area (Å²) in [4.78, 5) is 2.43. The summed E-state index contributed by atoms with van der Waals surface area (Å²) in [5, 5.41) is 3.63. The van der Waals surface area contributed by atoms with Crippen molar-refractivity contribution in [1.29, 1.82) is 0 Å². The summed E-state index contributed by atoms with van der Waals surface area (Å²) in [6, 6.07) is 8.82. The Balaban J connectivity index is 1.76. The molecule has 0 unspecified atom stereocenters. The summed E-state index contributed by atoms with van der Waals surface area (Å²) in [7, 11) is 2.22. The molecule has 0 atom stereocenters. The van der Waals surface area contributed by atoms with Gasteiger partial charge in [0, 0.05) is 13.1 Å². The van der Waals surface area contributed by atoms with Crippen LogP contribution in [-0.4, -0.2) is 31.6 Å². The minimum Gasteiger partial charge on any atom is -0.312 e. The number of aryl methyl sites for hydroxylation is 1. The predicted octanol–water partition coefficient (Wildman–Crippen LogP) is 2.82. The molecule has 18 heavy (non-hydrogen) atoms. The highest BCUT2D eigenvalue weighted by molar-refractivity contribution is 5.21. The van der Waals surface area contributed by atoms with Crippen LogP contribution in [0.15, 0.2) is 24.3 Å². The highest BCUT2D eigenvalue weighted by Gasteiger charge is 2.28. The van der Waals surface area contributed by atoms with Crippen molar-refractivity contribution in [3.05, 3.63) is 35.4 Å². The van der Waals surface area contributed by atoms with Crippen molar-refractivity contribution in [1.82, 2.24) is 10.2 Å². The van der Waals surface area contributed by atoms with Gasteiger partial charge >= 0.3 is 0 Å². The van der Waals surface area contributed by atoms with Crippen molar-refractivity contribution in [2.45, 2.75) is 33.2 Å². The van der Waals surface area contributed by atoms with Gasteiger partial charge in [-0.05, 0) is 50.9 Å². The molecule has 1 aliphatic heterocycles. The smallest absolute Gasteiger partial charge is 0.0205 e. The predicted molar refractivity (Wildman–Crippen MR) is 77.7 cm³/mol. The molecule has 100 valence electrons. The molecule has 1 aliphatic rings. The maximum absolute atomic E-state index is 3.63. The molecule has 2 rings (SSSR count). The third kappa shape index (κ3) is 3.82. The van der Waals surface area contributed by atoms with Crippen LogP contribution in [0.5, 0.6) is 0 Å². The maximum Gasteiger partial charge on any atom is 0.0205 e. The first-order valence-electron chi connectivity index (χ1n) is 7.02. The number of nitrogens with zero attached hydrogens (tertiary/aromatic N) is 1. The van der Waals surface area contributed by atoms with Gasteiger partial charge in [0.25, 0.3) is 0 Å². The lowest BCUT2D eigenvalue weighted by molar-refractivity contribution is 0.137. The molecule has 1 N–H and O–H groups in total. The van der Waals surface area contributed by atoms with E-state index in [0.29, 0.717) is 5.41 Å². The zero-order valence-electron chi connectivity index (χ0n) is 12.0. The van der Waals surface area contributed by atoms with Crippen LogP contribution < -0.4 is 5.32 Å². The number of likely N-dealkylation sites (tertiary alicyclic amines) is 1. The maximum atomic E-state index is 3.63. The highest BCUT2D eigenvalue weighted by atomic mass is 15.1. The van der Waals surface area contributed by atoms with E-state index < -0.39 is 0 Å². The lowest BCUT2D eigenvalue weighted by Gasteiger charge is -2.38. The molecule has 1 fully saturated rings. The van der Waals surface area contributed by atoms with E-state index in [2.05, 4.69) is 55.4 Å². The molecule has 0 aromatic heterocycles. The van der Waals surface area contributed by atoms with Gasteiger partial charge in [-0.1, -0.05) is 36.8 Å². The molecule has 0 saturated carbocycles. The second-order valence-corrected chi connectivity index (χ2v) is 6.20. The number of nitrogens with one attached hydrogen (secondary N) is 1. The Kier molecular flexibility index (Phi) is 4.41. The lowest BCUT2D eigenvalue weighted by Crippen LogP contribution is -2.41. The fourth-order valence-corrected chi connectivity index (χ4v) is 2.55. The summed E-state index contributed by atoms with van der Waals surface area (Å²) in [6.45, 7) is 9.16. The van der Waals surface area contributed by atoms with Gasteiger partial charge in [-0.3, -0.25) is 0 Å². The molecule has 2 nitrogen and oxygen atoms in total. The first-order chi connectivity index (χ1) is 8.57. The molecule has 0 aliphatic carbocycles. The number of benzene rings is 1. The second-order valence-electron chi connectivity index (χ2n) is 6.20. The third-order valence-corrected chi connectivity index (χ3v) is 4.20. The van der Waals surface area contributed by atoms with Crippen molar-refractivity contribution < 1.29 is 0 Å². The van der Waals surface area contributed by atoms with Crippen LogP contribution in [0.4, 0.5) is 0 Å². The molecule has 0 bridgehead atoms. The number of piperidine rings is 1. The van der Waals surface area contributed by atoms with Gasteiger partial charge in [-0.25, -0.2) is 0 Å². The van der Waals surface area contributed by atoms with Gasteiger partial charge in [-0.15, -0.1) is 0 Å². The van der Waals surface area contributed by atoms with Crippen molar-refractivity contribution >= 4 is 0 Å². The molecule has 0 amide bonds. The molecule has 2 heteroatoms. The molecule has 0 spiro atoms. The summed E-state index contributed by atoms with van der Waals surface area (Å²) < 4.78 is 0. The zero-order chi connectivity index (χ0) is 13.0. The number of hydrogen-bond acceptors (Lipinski definition) is 2. The Morgan fingerprint density at radius 2 is 1.78 bits per heavy atom. The van der Waals surface area contributed by atoms with Crippen molar-refractivity contribution in [2.75, 3.05) is 26.7 Å². The molecule has 1 aromatic carbocycles. The monoisotopic (exact) mass is 246 g/mol. The molecule has 1 heterocycles. The Bertz CT molecular complexity index is 361. The number of hydrogen-bond donors (Lipinski definition) is 1. The Morgan fingerprint density at radius 1 is 1.17 bits per heavy atom. The van der Waals surface area contributed by atoms with Gasteiger partial charge in [0.15, 0.2) is 0 Å². The fourth-order valence-electron chi connectivity index (χ4n) is 2.55. The largest absolute Gasteiger partial charge is 0.312 e. The van der Waals surface area contributed by atoms with Crippen LogP contribution >= 0.6 is 0 Å². The third-order valence-electron chi connectivity index (χ3n) is 4.20. The molecule has 1 aromatic rings. The van der Waals surface area contributed by atoms with E-state index >= 15 is 0 Å². The first kappa shape index (κ1) is 13.6. The normalized spacial score (nSPS) is 19.9.